The van der Waals surface area contributed by atoms with E-state index in [2.05, 4.69) is 5.32 Å². The summed E-state index contributed by atoms with van der Waals surface area (Å²) in [5, 5.41) is 12.6. The van der Waals surface area contributed by atoms with E-state index >= 15 is 0 Å². The standard InChI is InChI=1S/C13H14N2O3/c16-11-12(17)15(7-6-14-11)10-3-1-2-9(8-10)13(18)4-5-13/h1-3,8,18H,4-7H2,(H,14,16). The monoisotopic (exact) mass is 246 g/mol. The van der Waals surface area contributed by atoms with Gasteiger partial charge < -0.3 is 15.3 Å². The Morgan fingerprint density at radius 2 is 2.06 bits per heavy atom. The topological polar surface area (TPSA) is 69.6 Å². The van der Waals surface area contributed by atoms with Gasteiger partial charge in [0.15, 0.2) is 0 Å². The Balaban J connectivity index is 1.92. The second-order valence-corrected chi connectivity index (χ2v) is 4.79. The Labute approximate surface area is 104 Å². The van der Waals surface area contributed by atoms with Crippen LogP contribution in [0.5, 0.6) is 0 Å². The number of benzene rings is 1. The number of anilines is 1. The number of nitrogens with zero attached hydrogens (tertiary/aromatic N) is 1. The highest BCUT2D eigenvalue weighted by molar-refractivity contribution is 6.41. The van der Waals surface area contributed by atoms with Crippen molar-refractivity contribution in [1.29, 1.82) is 0 Å². The number of nitrogens with one attached hydrogen (secondary N) is 1. The molecule has 0 spiro atoms. The summed E-state index contributed by atoms with van der Waals surface area (Å²) in [6, 6.07) is 7.24. The van der Waals surface area contributed by atoms with Crippen LogP contribution in [0.2, 0.25) is 0 Å². The van der Waals surface area contributed by atoms with Crippen LogP contribution in [0, 0.1) is 0 Å². The molecule has 0 aromatic heterocycles. The largest absolute Gasteiger partial charge is 0.385 e. The molecule has 0 bridgehead atoms. The number of aliphatic hydroxyl groups is 1. The zero-order chi connectivity index (χ0) is 12.8. The van der Waals surface area contributed by atoms with Crippen LogP contribution < -0.4 is 10.2 Å². The Bertz CT molecular complexity index is 523. The molecule has 2 amide bonds. The molecule has 1 saturated carbocycles. The molecule has 2 aliphatic rings. The predicted octanol–water partition coefficient (Wildman–Crippen LogP) is 0.131. The van der Waals surface area contributed by atoms with Crippen molar-refractivity contribution in [3.8, 4) is 0 Å². The zero-order valence-corrected chi connectivity index (χ0v) is 9.85. The summed E-state index contributed by atoms with van der Waals surface area (Å²) >= 11 is 0. The van der Waals surface area contributed by atoms with E-state index in [9.17, 15) is 14.7 Å². The first-order valence-corrected chi connectivity index (χ1v) is 6.03. The average molecular weight is 246 g/mol. The Morgan fingerprint density at radius 1 is 1.28 bits per heavy atom. The molecule has 0 atom stereocenters. The lowest BCUT2D eigenvalue weighted by molar-refractivity contribution is -0.138. The van der Waals surface area contributed by atoms with Gasteiger partial charge in [-0.15, -0.1) is 0 Å². The normalized spacial score (nSPS) is 21.7. The molecule has 5 nitrogen and oxygen atoms in total. The Morgan fingerprint density at radius 3 is 2.78 bits per heavy atom. The summed E-state index contributed by atoms with van der Waals surface area (Å²) in [5.74, 6) is -1.11. The van der Waals surface area contributed by atoms with Crippen LogP contribution in [0.3, 0.4) is 0 Å². The minimum atomic E-state index is -0.725. The average Bonchev–Trinajstić information content (AvgIpc) is 3.12. The summed E-state index contributed by atoms with van der Waals surface area (Å²) < 4.78 is 0. The van der Waals surface area contributed by atoms with Gasteiger partial charge in [0.1, 0.15) is 0 Å². The Kier molecular flexibility index (Phi) is 2.38. The molecule has 1 aromatic carbocycles. The van der Waals surface area contributed by atoms with Gasteiger partial charge in [0.05, 0.1) is 5.60 Å². The summed E-state index contributed by atoms with van der Waals surface area (Å²) in [5.41, 5.74) is 0.767. The van der Waals surface area contributed by atoms with Crippen molar-refractivity contribution in [2.24, 2.45) is 0 Å². The Hall–Kier alpha value is -1.88. The molecule has 5 heteroatoms. The third kappa shape index (κ3) is 1.76. The first kappa shape index (κ1) is 11.2. The number of carbonyl (C=O) groups excluding carboxylic acids is 2. The van der Waals surface area contributed by atoms with Gasteiger partial charge in [0.25, 0.3) is 0 Å². The second-order valence-electron chi connectivity index (χ2n) is 4.79. The SMILES string of the molecule is O=C1NCCN(c2cccc(C3(O)CC3)c2)C1=O. The van der Waals surface area contributed by atoms with E-state index in [4.69, 9.17) is 0 Å². The molecule has 1 heterocycles. The van der Waals surface area contributed by atoms with Crippen molar-refractivity contribution in [2.45, 2.75) is 18.4 Å². The number of hydrogen-bond donors (Lipinski definition) is 2. The highest BCUT2D eigenvalue weighted by Gasteiger charge is 2.42. The van der Waals surface area contributed by atoms with E-state index in [1.807, 2.05) is 6.07 Å². The number of rotatable bonds is 2. The van der Waals surface area contributed by atoms with E-state index < -0.39 is 17.4 Å². The fourth-order valence-electron chi connectivity index (χ4n) is 2.20. The maximum absolute atomic E-state index is 11.8. The van der Waals surface area contributed by atoms with Gasteiger partial charge in [-0.3, -0.25) is 9.59 Å². The fourth-order valence-corrected chi connectivity index (χ4v) is 2.20. The third-order valence-corrected chi connectivity index (χ3v) is 3.48. The third-order valence-electron chi connectivity index (χ3n) is 3.48. The lowest BCUT2D eigenvalue weighted by atomic mass is 10.1. The zero-order valence-electron chi connectivity index (χ0n) is 9.85. The fraction of sp³-hybridized carbons (Fsp3) is 0.385. The quantitative estimate of drug-likeness (QED) is 0.729. The van der Waals surface area contributed by atoms with Crippen molar-refractivity contribution in [2.75, 3.05) is 18.0 Å². The molecule has 18 heavy (non-hydrogen) atoms. The summed E-state index contributed by atoms with van der Waals surface area (Å²) in [7, 11) is 0. The van der Waals surface area contributed by atoms with Crippen molar-refractivity contribution >= 4 is 17.5 Å². The van der Waals surface area contributed by atoms with E-state index in [1.165, 1.54) is 4.90 Å². The van der Waals surface area contributed by atoms with Gasteiger partial charge in [-0.05, 0) is 30.5 Å². The number of hydrogen-bond acceptors (Lipinski definition) is 3. The van der Waals surface area contributed by atoms with Crippen molar-refractivity contribution < 1.29 is 14.7 Å². The molecular formula is C13H14N2O3. The predicted molar refractivity (Wildman–Crippen MR) is 64.9 cm³/mol. The van der Waals surface area contributed by atoms with Crippen molar-refractivity contribution in [3.63, 3.8) is 0 Å². The maximum atomic E-state index is 11.8. The van der Waals surface area contributed by atoms with Crippen LogP contribution in [0.15, 0.2) is 24.3 Å². The van der Waals surface area contributed by atoms with E-state index in [0.29, 0.717) is 18.8 Å². The van der Waals surface area contributed by atoms with Crippen molar-refractivity contribution in [3.05, 3.63) is 29.8 Å². The van der Waals surface area contributed by atoms with E-state index in [0.717, 1.165) is 18.4 Å². The second kappa shape index (κ2) is 3.81. The highest BCUT2D eigenvalue weighted by Crippen LogP contribution is 2.45. The molecule has 94 valence electrons. The summed E-state index contributed by atoms with van der Waals surface area (Å²) in [4.78, 5) is 24.5. The van der Waals surface area contributed by atoms with Crippen LogP contribution in [0.4, 0.5) is 5.69 Å². The summed E-state index contributed by atoms with van der Waals surface area (Å²) in [6.07, 6.45) is 1.51. The molecule has 1 aliphatic heterocycles. The molecule has 1 aromatic rings. The van der Waals surface area contributed by atoms with Crippen LogP contribution in [-0.4, -0.2) is 30.0 Å². The van der Waals surface area contributed by atoms with Crippen LogP contribution in [-0.2, 0) is 15.2 Å². The molecule has 2 fully saturated rings. The smallest absolute Gasteiger partial charge is 0.316 e. The molecule has 0 radical (unpaired) electrons. The first-order chi connectivity index (χ1) is 8.60. The van der Waals surface area contributed by atoms with E-state index in [-0.39, 0.29) is 0 Å². The molecule has 1 saturated heterocycles. The van der Waals surface area contributed by atoms with Gasteiger partial charge in [0.2, 0.25) is 0 Å². The minimum absolute atomic E-state index is 0.457. The molecular weight excluding hydrogens is 232 g/mol. The van der Waals surface area contributed by atoms with Gasteiger partial charge in [0, 0.05) is 18.8 Å². The molecule has 0 unspecified atom stereocenters. The maximum Gasteiger partial charge on any atom is 0.316 e. The van der Waals surface area contributed by atoms with Gasteiger partial charge >= 0.3 is 11.8 Å². The lowest BCUT2D eigenvalue weighted by Gasteiger charge is -2.27. The lowest BCUT2D eigenvalue weighted by Crippen LogP contribution is -2.52. The van der Waals surface area contributed by atoms with Gasteiger partial charge in [-0.1, -0.05) is 12.1 Å². The molecule has 3 rings (SSSR count). The number of piperazine rings is 1. The molecule has 2 N–H and O–H groups in total. The number of amides is 2. The highest BCUT2D eigenvalue weighted by atomic mass is 16.3. The van der Waals surface area contributed by atoms with Gasteiger partial charge in [-0.2, -0.15) is 0 Å². The van der Waals surface area contributed by atoms with Crippen LogP contribution >= 0.6 is 0 Å². The van der Waals surface area contributed by atoms with E-state index in [1.54, 1.807) is 18.2 Å². The van der Waals surface area contributed by atoms with Gasteiger partial charge in [-0.25, -0.2) is 0 Å². The van der Waals surface area contributed by atoms with Crippen LogP contribution in [0.1, 0.15) is 18.4 Å². The van der Waals surface area contributed by atoms with Crippen molar-refractivity contribution in [1.82, 2.24) is 5.32 Å². The first-order valence-electron chi connectivity index (χ1n) is 6.03. The van der Waals surface area contributed by atoms with Crippen LogP contribution in [0.25, 0.3) is 0 Å². The summed E-state index contributed by atoms with van der Waals surface area (Å²) in [6.45, 7) is 0.922. The molecule has 1 aliphatic carbocycles. The number of carbonyl (C=O) groups is 2. The minimum Gasteiger partial charge on any atom is -0.385 e.